The molecule has 0 aromatic rings. The predicted octanol–water partition coefficient (Wildman–Crippen LogP) is 1.52. The van der Waals surface area contributed by atoms with Gasteiger partial charge >= 0.3 is 5.97 Å². The molecule has 0 saturated heterocycles. The second-order valence-electron chi connectivity index (χ2n) is 2.04. The third kappa shape index (κ3) is 4.90. The van der Waals surface area contributed by atoms with Crippen molar-refractivity contribution >= 4 is 5.97 Å². The summed E-state index contributed by atoms with van der Waals surface area (Å²) in [4.78, 5) is 10.5. The van der Waals surface area contributed by atoms with E-state index in [1.54, 1.807) is 13.8 Å². The molecule has 10 heavy (non-hydrogen) atoms. The van der Waals surface area contributed by atoms with E-state index in [1.807, 2.05) is 0 Å². The smallest absolute Gasteiger partial charge is 0.338 e. The number of esters is 1. The summed E-state index contributed by atoms with van der Waals surface area (Å²) in [6.07, 6.45) is 1.27. The van der Waals surface area contributed by atoms with E-state index >= 15 is 0 Å². The van der Waals surface area contributed by atoms with Crippen LogP contribution in [-0.2, 0) is 9.53 Å². The van der Waals surface area contributed by atoms with Crippen molar-refractivity contribution in [1.82, 2.24) is 0 Å². The molecular weight excluding hydrogens is 132 g/mol. The van der Waals surface area contributed by atoms with Crippen molar-refractivity contribution in [3.8, 4) is 0 Å². The first kappa shape index (κ1) is 8.75. The molecular formula is C7H10O3. The van der Waals surface area contributed by atoms with Crippen LogP contribution in [0.5, 0.6) is 0 Å². The summed E-state index contributed by atoms with van der Waals surface area (Å²) in [5.74, 6) is -1.19. The quantitative estimate of drug-likeness (QED) is 0.361. The molecule has 0 bridgehead atoms. The van der Waals surface area contributed by atoms with Crippen molar-refractivity contribution < 1.29 is 14.6 Å². The molecule has 0 aromatic carbocycles. The highest BCUT2D eigenvalue weighted by Crippen LogP contribution is 1.93. The third-order valence-corrected chi connectivity index (χ3v) is 0.625. The highest BCUT2D eigenvalue weighted by atomic mass is 16.6. The van der Waals surface area contributed by atoms with Gasteiger partial charge in [-0.3, -0.25) is 0 Å². The fourth-order valence-electron chi connectivity index (χ4n) is 0.381. The zero-order valence-electron chi connectivity index (χ0n) is 6.05. The monoisotopic (exact) mass is 142 g/mol. The zero-order valence-corrected chi connectivity index (χ0v) is 6.05. The summed E-state index contributed by atoms with van der Waals surface area (Å²) in [7, 11) is 0. The van der Waals surface area contributed by atoms with Gasteiger partial charge in [0, 0.05) is 6.08 Å². The molecule has 0 rings (SSSR count). The SMILES string of the molecule is C=C(O)OC(=O)C=C(C)C. The Bertz CT molecular complexity index is 175. The number of hydrogen-bond donors (Lipinski definition) is 1. The van der Waals surface area contributed by atoms with E-state index in [9.17, 15) is 4.79 Å². The maximum absolute atomic E-state index is 10.5. The molecule has 0 aliphatic rings. The molecule has 0 atom stereocenters. The molecule has 3 heteroatoms. The fraction of sp³-hybridized carbons (Fsp3) is 0.286. The van der Waals surface area contributed by atoms with Crippen molar-refractivity contribution in [3.05, 3.63) is 24.2 Å². The first-order valence-corrected chi connectivity index (χ1v) is 2.77. The standard InChI is InChI=1S/C7H10O3/c1-5(2)4-7(9)10-6(3)8/h4,8H,3H2,1-2H3. The van der Waals surface area contributed by atoms with Crippen molar-refractivity contribution in [2.45, 2.75) is 13.8 Å². The molecule has 0 aromatic heterocycles. The molecule has 0 heterocycles. The summed E-state index contributed by atoms with van der Waals surface area (Å²) >= 11 is 0. The van der Waals surface area contributed by atoms with Crippen molar-refractivity contribution in [1.29, 1.82) is 0 Å². The Morgan fingerprint density at radius 1 is 1.60 bits per heavy atom. The Morgan fingerprint density at radius 3 is 2.40 bits per heavy atom. The minimum Gasteiger partial charge on any atom is -0.481 e. The van der Waals surface area contributed by atoms with Gasteiger partial charge in [0.15, 0.2) is 0 Å². The van der Waals surface area contributed by atoms with E-state index in [2.05, 4.69) is 11.3 Å². The fourth-order valence-corrected chi connectivity index (χ4v) is 0.381. The highest BCUT2D eigenvalue weighted by molar-refractivity contribution is 5.83. The van der Waals surface area contributed by atoms with Gasteiger partial charge in [-0.2, -0.15) is 0 Å². The number of hydrogen-bond acceptors (Lipinski definition) is 3. The first-order valence-electron chi connectivity index (χ1n) is 2.77. The average molecular weight is 142 g/mol. The van der Waals surface area contributed by atoms with Crippen LogP contribution >= 0.6 is 0 Å². The summed E-state index contributed by atoms with van der Waals surface area (Å²) in [5, 5.41) is 8.37. The van der Waals surface area contributed by atoms with E-state index < -0.39 is 11.9 Å². The van der Waals surface area contributed by atoms with Crippen LogP contribution in [0.2, 0.25) is 0 Å². The molecule has 0 aliphatic carbocycles. The number of carbonyl (C=O) groups is 1. The van der Waals surface area contributed by atoms with Crippen molar-refractivity contribution in [3.63, 3.8) is 0 Å². The van der Waals surface area contributed by atoms with Crippen molar-refractivity contribution in [2.24, 2.45) is 0 Å². The maximum Gasteiger partial charge on any atom is 0.338 e. The van der Waals surface area contributed by atoms with E-state index in [1.165, 1.54) is 6.08 Å². The van der Waals surface area contributed by atoms with Crippen LogP contribution in [0.15, 0.2) is 24.2 Å². The summed E-state index contributed by atoms with van der Waals surface area (Å²) in [6.45, 7) is 6.49. The minimum atomic E-state index is -0.604. The minimum absolute atomic E-state index is 0.581. The third-order valence-electron chi connectivity index (χ3n) is 0.625. The van der Waals surface area contributed by atoms with Crippen LogP contribution in [-0.4, -0.2) is 11.1 Å². The number of aliphatic hydroxyl groups is 1. The van der Waals surface area contributed by atoms with Gasteiger partial charge in [-0.25, -0.2) is 4.79 Å². The van der Waals surface area contributed by atoms with E-state index in [0.717, 1.165) is 5.57 Å². The molecule has 0 saturated carbocycles. The topological polar surface area (TPSA) is 46.5 Å². The maximum atomic E-state index is 10.5. The van der Waals surface area contributed by atoms with Gasteiger partial charge in [0.25, 0.3) is 5.95 Å². The number of rotatable bonds is 2. The molecule has 0 aliphatic heterocycles. The Hall–Kier alpha value is -1.25. The molecule has 0 spiro atoms. The lowest BCUT2D eigenvalue weighted by atomic mass is 10.3. The second kappa shape index (κ2) is 3.71. The number of carbonyl (C=O) groups excluding carboxylic acids is 1. The first-order chi connectivity index (χ1) is 4.52. The predicted molar refractivity (Wildman–Crippen MR) is 37.3 cm³/mol. The van der Waals surface area contributed by atoms with Gasteiger partial charge in [0.1, 0.15) is 0 Å². The molecule has 0 radical (unpaired) electrons. The average Bonchev–Trinajstić information content (AvgIpc) is 1.58. The Balaban J connectivity index is 3.88. The van der Waals surface area contributed by atoms with Crippen molar-refractivity contribution in [2.75, 3.05) is 0 Å². The van der Waals surface area contributed by atoms with Gasteiger partial charge in [0.05, 0.1) is 0 Å². The Kier molecular flexibility index (Phi) is 3.25. The normalized spacial score (nSPS) is 8.20. The molecule has 0 fully saturated rings. The summed E-state index contributed by atoms with van der Waals surface area (Å²) in [6, 6.07) is 0. The highest BCUT2D eigenvalue weighted by Gasteiger charge is 1.97. The molecule has 0 unspecified atom stereocenters. The Labute approximate surface area is 59.6 Å². The molecule has 56 valence electrons. The zero-order chi connectivity index (χ0) is 8.15. The van der Waals surface area contributed by atoms with Gasteiger partial charge in [-0.05, 0) is 20.4 Å². The number of aliphatic hydroxyl groups excluding tert-OH is 1. The number of allylic oxidation sites excluding steroid dienone is 1. The van der Waals surface area contributed by atoms with Crippen LogP contribution in [0, 0.1) is 0 Å². The van der Waals surface area contributed by atoms with E-state index in [-0.39, 0.29) is 0 Å². The number of ether oxygens (including phenoxy) is 1. The van der Waals surface area contributed by atoms with Crippen LogP contribution in [0.3, 0.4) is 0 Å². The molecule has 3 nitrogen and oxygen atoms in total. The summed E-state index contributed by atoms with van der Waals surface area (Å²) in [5.41, 5.74) is 0.811. The van der Waals surface area contributed by atoms with Crippen LogP contribution < -0.4 is 0 Å². The van der Waals surface area contributed by atoms with Crippen LogP contribution in [0.1, 0.15) is 13.8 Å². The Morgan fingerprint density at radius 2 is 2.10 bits per heavy atom. The summed E-state index contributed by atoms with van der Waals surface area (Å²) < 4.78 is 4.21. The van der Waals surface area contributed by atoms with Gasteiger partial charge in [0.2, 0.25) is 0 Å². The lowest BCUT2D eigenvalue weighted by Gasteiger charge is -1.95. The lowest BCUT2D eigenvalue weighted by Crippen LogP contribution is -1.99. The van der Waals surface area contributed by atoms with Gasteiger partial charge in [-0.1, -0.05) is 5.57 Å². The van der Waals surface area contributed by atoms with Gasteiger partial charge < -0.3 is 9.84 Å². The molecule has 1 N–H and O–H groups in total. The van der Waals surface area contributed by atoms with Crippen LogP contribution in [0.25, 0.3) is 0 Å². The second-order valence-corrected chi connectivity index (χ2v) is 2.04. The van der Waals surface area contributed by atoms with E-state index in [4.69, 9.17) is 5.11 Å². The van der Waals surface area contributed by atoms with E-state index in [0.29, 0.717) is 0 Å². The largest absolute Gasteiger partial charge is 0.481 e. The lowest BCUT2D eigenvalue weighted by molar-refractivity contribution is -0.137. The van der Waals surface area contributed by atoms with Gasteiger partial charge in [-0.15, -0.1) is 0 Å². The molecule has 0 amide bonds. The van der Waals surface area contributed by atoms with Crippen LogP contribution in [0.4, 0.5) is 0 Å².